The van der Waals surface area contributed by atoms with Crippen LogP contribution in [0.5, 0.6) is 0 Å². The second kappa shape index (κ2) is 22.7. The number of nitrogens with zero attached hydrogens (tertiary/aromatic N) is 3. The van der Waals surface area contributed by atoms with Gasteiger partial charge in [-0.1, -0.05) is 17.7 Å². The van der Waals surface area contributed by atoms with Gasteiger partial charge in [0.15, 0.2) is 0 Å². The van der Waals surface area contributed by atoms with E-state index in [4.69, 9.17) is 30.4 Å². The van der Waals surface area contributed by atoms with Crippen LogP contribution in [0.15, 0.2) is 30.5 Å². The molecule has 2 aromatic rings. The van der Waals surface area contributed by atoms with Crippen LogP contribution >= 0.6 is 11.8 Å². The first kappa shape index (κ1) is 38.7. The molecule has 0 saturated carbocycles. The van der Waals surface area contributed by atoms with Gasteiger partial charge < -0.3 is 46.4 Å². The first-order valence-electron chi connectivity index (χ1n) is 16.1. The molecule has 5 amide bonds. The average molecular weight is 693 g/mol. The van der Waals surface area contributed by atoms with Crippen LogP contribution in [-0.4, -0.2) is 115 Å². The van der Waals surface area contributed by atoms with Crippen molar-refractivity contribution in [3.63, 3.8) is 0 Å². The fourth-order valence-electron chi connectivity index (χ4n) is 4.73. The molecular weight excluding hydrogens is 644 g/mol. The topological polar surface area (TPSA) is 224 Å². The molecule has 1 fully saturated rings. The Kier molecular flexibility index (Phi) is 18.3. The molecule has 1 aromatic heterocycles. The SMILES string of the molecule is NC(=O)N[C@@H]1CS[C@@H](CCCCC(=O)NCCOCCOCCOCCOCCC(=O)NCc2cn(-c3cccc(C(N)=O)c3)nn2)C1. The zero-order chi connectivity index (χ0) is 34.4. The summed E-state index contributed by atoms with van der Waals surface area (Å²) in [6.07, 6.45) is 6.14. The zero-order valence-electron chi connectivity index (χ0n) is 27.2. The Morgan fingerprint density at radius 1 is 0.875 bits per heavy atom. The van der Waals surface area contributed by atoms with E-state index in [9.17, 15) is 19.2 Å². The molecule has 3 rings (SSSR count). The molecule has 1 saturated heterocycles. The first-order valence-corrected chi connectivity index (χ1v) is 17.2. The normalized spacial score (nSPS) is 15.7. The Labute approximate surface area is 284 Å². The molecule has 17 heteroatoms. The highest BCUT2D eigenvalue weighted by Crippen LogP contribution is 2.30. The number of aromatic nitrogens is 3. The van der Waals surface area contributed by atoms with Gasteiger partial charge in [-0.3, -0.25) is 14.4 Å². The summed E-state index contributed by atoms with van der Waals surface area (Å²) in [4.78, 5) is 46.4. The Balaban J connectivity index is 1.04. The summed E-state index contributed by atoms with van der Waals surface area (Å²) in [5.41, 5.74) is 12.1. The predicted octanol–water partition coefficient (Wildman–Crippen LogP) is 0.658. The maximum atomic E-state index is 12.1. The molecule has 48 heavy (non-hydrogen) atoms. The number of primary amides is 2. The highest BCUT2D eigenvalue weighted by atomic mass is 32.2. The van der Waals surface area contributed by atoms with Gasteiger partial charge in [-0.05, 0) is 37.5 Å². The molecular formula is C31H48N8O8S. The van der Waals surface area contributed by atoms with E-state index >= 15 is 0 Å². The van der Waals surface area contributed by atoms with Crippen LogP contribution in [0, 0.1) is 0 Å². The average Bonchev–Trinajstić information content (AvgIpc) is 3.73. The number of carbonyl (C=O) groups excluding carboxylic acids is 4. The molecule has 0 bridgehead atoms. The highest BCUT2D eigenvalue weighted by Gasteiger charge is 2.25. The summed E-state index contributed by atoms with van der Waals surface area (Å²) in [5.74, 6) is 0.208. The number of hydrogen-bond donors (Lipinski definition) is 5. The summed E-state index contributed by atoms with van der Waals surface area (Å²) >= 11 is 1.85. The smallest absolute Gasteiger partial charge is 0.312 e. The lowest BCUT2D eigenvalue weighted by Gasteiger charge is -2.11. The molecule has 1 aliphatic rings. The van der Waals surface area contributed by atoms with Crippen molar-refractivity contribution in [2.75, 3.05) is 65.2 Å². The molecule has 2 heterocycles. The van der Waals surface area contributed by atoms with Crippen molar-refractivity contribution in [3.05, 3.63) is 41.7 Å². The van der Waals surface area contributed by atoms with Crippen molar-refractivity contribution in [2.45, 2.75) is 56.4 Å². The van der Waals surface area contributed by atoms with Crippen LogP contribution in [0.1, 0.15) is 54.6 Å². The third kappa shape index (κ3) is 16.4. The van der Waals surface area contributed by atoms with Crippen LogP contribution in [0.2, 0.25) is 0 Å². The lowest BCUT2D eigenvalue weighted by Crippen LogP contribution is -2.38. The van der Waals surface area contributed by atoms with Crippen molar-refractivity contribution < 1.29 is 38.1 Å². The fourth-order valence-corrected chi connectivity index (χ4v) is 6.15. The quantitative estimate of drug-likeness (QED) is 0.0909. The number of ether oxygens (including phenoxy) is 4. The van der Waals surface area contributed by atoms with Gasteiger partial charge in [0.05, 0.1) is 71.3 Å². The van der Waals surface area contributed by atoms with Crippen molar-refractivity contribution in [2.24, 2.45) is 11.5 Å². The number of amides is 5. The maximum absolute atomic E-state index is 12.1. The Morgan fingerprint density at radius 3 is 2.27 bits per heavy atom. The van der Waals surface area contributed by atoms with E-state index in [0.717, 1.165) is 31.4 Å². The largest absolute Gasteiger partial charge is 0.379 e. The predicted molar refractivity (Wildman–Crippen MR) is 178 cm³/mol. The number of rotatable bonds is 25. The molecule has 266 valence electrons. The monoisotopic (exact) mass is 692 g/mol. The molecule has 1 aromatic carbocycles. The van der Waals surface area contributed by atoms with E-state index in [-0.39, 0.29) is 37.4 Å². The van der Waals surface area contributed by atoms with Crippen LogP contribution in [0.25, 0.3) is 5.69 Å². The van der Waals surface area contributed by atoms with Crippen molar-refractivity contribution in [1.82, 2.24) is 30.9 Å². The summed E-state index contributed by atoms with van der Waals surface area (Å²) in [7, 11) is 0. The third-order valence-electron chi connectivity index (χ3n) is 7.17. The maximum Gasteiger partial charge on any atom is 0.312 e. The van der Waals surface area contributed by atoms with Crippen LogP contribution < -0.4 is 27.4 Å². The van der Waals surface area contributed by atoms with Crippen molar-refractivity contribution in [3.8, 4) is 5.69 Å². The fraction of sp³-hybridized carbons (Fsp3) is 0.613. The van der Waals surface area contributed by atoms with Gasteiger partial charge in [0.2, 0.25) is 17.7 Å². The minimum atomic E-state index is -0.531. The van der Waals surface area contributed by atoms with Gasteiger partial charge in [-0.15, -0.1) is 5.10 Å². The van der Waals surface area contributed by atoms with Gasteiger partial charge >= 0.3 is 6.03 Å². The highest BCUT2D eigenvalue weighted by molar-refractivity contribution is 8.00. The van der Waals surface area contributed by atoms with Gasteiger partial charge in [0.1, 0.15) is 5.69 Å². The second-order valence-corrected chi connectivity index (χ2v) is 12.4. The molecule has 1 aliphatic heterocycles. The summed E-state index contributed by atoms with van der Waals surface area (Å²) in [6.45, 7) is 3.78. The van der Waals surface area contributed by atoms with Gasteiger partial charge in [0, 0.05) is 42.0 Å². The number of nitrogens with one attached hydrogen (secondary N) is 3. The minimum Gasteiger partial charge on any atom is -0.379 e. The lowest BCUT2D eigenvalue weighted by molar-refractivity contribution is -0.122. The zero-order valence-corrected chi connectivity index (χ0v) is 28.0. The van der Waals surface area contributed by atoms with E-state index in [1.165, 1.54) is 4.68 Å². The second-order valence-electron chi connectivity index (χ2n) is 11.0. The molecule has 7 N–H and O–H groups in total. The Hall–Kier alpha value is -3.77. The van der Waals surface area contributed by atoms with E-state index < -0.39 is 11.9 Å². The lowest BCUT2D eigenvalue weighted by atomic mass is 10.1. The van der Waals surface area contributed by atoms with E-state index in [0.29, 0.717) is 81.4 Å². The number of nitrogens with two attached hydrogens (primary N) is 2. The van der Waals surface area contributed by atoms with Crippen LogP contribution in [0.3, 0.4) is 0 Å². The van der Waals surface area contributed by atoms with Crippen LogP contribution in [-0.2, 0) is 35.1 Å². The van der Waals surface area contributed by atoms with E-state index in [2.05, 4.69) is 26.3 Å². The Bertz CT molecular complexity index is 1280. The van der Waals surface area contributed by atoms with E-state index in [1.807, 2.05) is 11.8 Å². The molecule has 16 nitrogen and oxygen atoms in total. The summed E-state index contributed by atoms with van der Waals surface area (Å²) in [6, 6.07) is 6.39. The Morgan fingerprint density at radius 2 is 1.56 bits per heavy atom. The van der Waals surface area contributed by atoms with Gasteiger partial charge in [-0.2, -0.15) is 11.8 Å². The number of carbonyl (C=O) groups is 4. The number of thioether (sulfide) groups is 1. The number of hydrogen-bond acceptors (Lipinski definition) is 11. The minimum absolute atomic E-state index is 0.0249. The van der Waals surface area contributed by atoms with Crippen LogP contribution in [0.4, 0.5) is 4.79 Å². The standard InChI is InChI=1S/C31H48N8O8S/c32-30(42)23-4-3-5-26(18-23)39-21-25(37-38-39)20-35-29(41)8-10-44-12-14-46-16-17-47-15-13-45-11-9-34-28(40)7-2-1-6-27-19-24(22-48-27)36-31(33)43/h3-5,18,21,24,27H,1-2,6-17,19-20,22H2,(H2,32,42)(H,34,40)(H,35,41)(H3,33,36,43)/t24-,27-/m0/s1. The molecule has 2 atom stereocenters. The van der Waals surface area contributed by atoms with Crippen molar-refractivity contribution in [1.29, 1.82) is 0 Å². The molecule has 0 spiro atoms. The molecule has 0 unspecified atom stereocenters. The molecule has 0 radical (unpaired) electrons. The van der Waals surface area contributed by atoms with Gasteiger partial charge in [-0.25, -0.2) is 9.48 Å². The number of benzene rings is 1. The first-order chi connectivity index (χ1) is 23.3. The number of urea groups is 1. The van der Waals surface area contributed by atoms with Gasteiger partial charge in [0.25, 0.3) is 0 Å². The van der Waals surface area contributed by atoms with Crippen molar-refractivity contribution >= 4 is 35.5 Å². The summed E-state index contributed by atoms with van der Waals surface area (Å²) in [5, 5.41) is 17.0. The number of unbranched alkanes of at least 4 members (excludes halogenated alkanes) is 1. The summed E-state index contributed by atoms with van der Waals surface area (Å²) < 4.78 is 23.4. The molecule has 0 aliphatic carbocycles. The third-order valence-corrected chi connectivity index (χ3v) is 8.66. The van der Waals surface area contributed by atoms with E-state index in [1.54, 1.807) is 30.5 Å².